The largest absolute Gasteiger partial charge is 0.382 e. The van der Waals surface area contributed by atoms with Crippen molar-refractivity contribution >= 4 is 0 Å². The highest BCUT2D eigenvalue weighted by Gasteiger charge is 2.27. The van der Waals surface area contributed by atoms with Gasteiger partial charge in [-0.1, -0.05) is 13.8 Å². The number of nitrogens with one attached hydrogen (secondary N) is 1. The molecule has 0 aliphatic carbocycles. The minimum Gasteiger partial charge on any atom is -0.382 e. The first-order valence-electron chi connectivity index (χ1n) is 5.17. The highest BCUT2D eigenvalue weighted by atomic mass is 19.1. The van der Waals surface area contributed by atoms with Crippen molar-refractivity contribution in [1.82, 2.24) is 10.3 Å². The summed E-state index contributed by atoms with van der Waals surface area (Å²) in [7, 11) is 0. The molecule has 0 spiro atoms. The second-order valence-corrected chi connectivity index (χ2v) is 3.53. The summed E-state index contributed by atoms with van der Waals surface area (Å²) in [4.78, 5) is 3.91. The molecule has 1 unspecified atom stereocenters. The van der Waals surface area contributed by atoms with Crippen molar-refractivity contribution in [3.8, 4) is 0 Å². The first-order valence-corrected chi connectivity index (χ1v) is 5.17. The number of aromatic nitrogens is 1. The van der Waals surface area contributed by atoms with Crippen molar-refractivity contribution in [3.05, 3.63) is 29.8 Å². The van der Waals surface area contributed by atoms with Gasteiger partial charge in [0.2, 0.25) is 0 Å². The number of nitrogens with zero attached hydrogens (tertiary/aromatic N) is 1. The predicted octanol–water partition coefficient (Wildman–Crippen LogP) is 1.43. The lowest BCUT2D eigenvalue weighted by Gasteiger charge is -2.26. The van der Waals surface area contributed by atoms with Gasteiger partial charge in [-0.15, -0.1) is 0 Å². The van der Waals surface area contributed by atoms with Crippen molar-refractivity contribution in [2.24, 2.45) is 0 Å². The van der Waals surface area contributed by atoms with Crippen LogP contribution < -0.4 is 5.32 Å². The van der Waals surface area contributed by atoms with Gasteiger partial charge in [0.1, 0.15) is 11.4 Å². The monoisotopic (exact) mass is 212 g/mol. The molecule has 0 amide bonds. The molecule has 0 aliphatic rings. The van der Waals surface area contributed by atoms with Crippen molar-refractivity contribution in [2.45, 2.75) is 25.9 Å². The Labute approximate surface area is 89.4 Å². The molecule has 15 heavy (non-hydrogen) atoms. The summed E-state index contributed by atoms with van der Waals surface area (Å²) in [5.74, 6) is -0.388. The van der Waals surface area contributed by atoms with Crippen LogP contribution in [0.3, 0.4) is 0 Å². The molecular weight excluding hydrogens is 195 g/mol. The van der Waals surface area contributed by atoms with Crippen LogP contribution in [-0.2, 0) is 5.60 Å². The minimum atomic E-state index is -1.01. The zero-order valence-electron chi connectivity index (χ0n) is 9.13. The van der Waals surface area contributed by atoms with Crippen LogP contribution in [0.5, 0.6) is 0 Å². The third-order valence-electron chi connectivity index (χ3n) is 2.46. The minimum absolute atomic E-state index is 0.388. The highest BCUT2D eigenvalue weighted by molar-refractivity contribution is 5.14. The van der Waals surface area contributed by atoms with Crippen LogP contribution in [0.15, 0.2) is 18.3 Å². The van der Waals surface area contributed by atoms with E-state index in [9.17, 15) is 9.50 Å². The van der Waals surface area contributed by atoms with Gasteiger partial charge in [-0.2, -0.15) is 0 Å². The summed E-state index contributed by atoms with van der Waals surface area (Å²) in [6, 6.07) is 2.84. The number of pyridine rings is 1. The van der Waals surface area contributed by atoms with E-state index in [1.807, 2.05) is 13.8 Å². The molecule has 3 nitrogen and oxygen atoms in total. The summed E-state index contributed by atoms with van der Waals surface area (Å²) >= 11 is 0. The van der Waals surface area contributed by atoms with Gasteiger partial charge < -0.3 is 10.4 Å². The molecule has 0 fully saturated rings. The molecule has 0 saturated carbocycles. The van der Waals surface area contributed by atoms with Gasteiger partial charge in [0.15, 0.2) is 0 Å². The summed E-state index contributed by atoms with van der Waals surface area (Å²) in [5.41, 5.74) is -0.503. The Bertz CT molecular complexity index is 302. The zero-order chi connectivity index (χ0) is 11.3. The van der Waals surface area contributed by atoms with Gasteiger partial charge in [-0.3, -0.25) is 4.98 Å². The highest BCUT2D eigenvalue weighted by Crippen LogP contribution is 2.22. The number of halogens is 1. The maximum absolute atomic E-state index is 12.7. The van der Waals surface area contributed by atoms with E-state index in [4.69, 9.17) is 0 Å². The van der Waals surface area contributed by atoms with E-state index < -0.39 is 5.60 Å². The molecule has 4 heteroatoms. The molecule has 0 saturated heterocycles. The van der Waals surface area contributed by atoms with Crippen LogP contribution in [0.1, 0.15) is 26.0 Å². The quantitative estimate of drug-likeness (QED) is 0.776. The van der Waals surface area contributed by atoms with E-state index in [0.717, 1.165) is 12.7 Å². The summed E-state index contributed by atoms with van der Waals surface area (Å²) in [6.45, 7) is 5.05. The average molecular weight is 212 g/mol. The normalized spacial score (nSPS) is 14.9. The summed E-state index contributed by atoms with van der Waals surface area (Å²) < 4.78 is 12.7. The van der Waals surface area contributed by atoms with E-state index in [0.29, 0.717) is 18.7 Å². The lowest BCUT2D eigenvalue weighted by molar-refractivity contribution is 0.0288. The van der Waals surface area contributed by atoms with E-state index in [1.165, 1.54) is 12.1 Å². The van der Waals surface area contributed by atoms with E-state index in [2.05, 4.69) is 10.3 Å². The maximum Gasteiger partial charge on any atom is 0.141 e. The van der Waals surface area contributed by atoms with Gasteiger partial charge in [0.25, 0.3) is 0 Å². The standard InChI is InChI=1S/C11H17FN2O/c1-3-11(15,8-13-4-2)10-6-5-9(12)7-14-10/h5-7,13,15H,3-4,8H2,1-2H3. The Hall–Kier alpha value is -1.00. The number of rotatable bonds is 5. The van der Waals surface area contributed by atoms with Gasteiger partial charge in [0, 0.05) is 6.54 Å². The van der Waals surface area contributed by atoms with Crippen LogP contribution in [0.2, 0.25) is 0 Å². The molecule has 1 aromatic heterocycles. The molecule has 0 aliphatic heterocycles. The Morgan fingerprint density at radius 1 is 1.47 bits per heavy atom. The molecule has 1 heterocycles. The van der Waals surface area contributed by atoms with Gasteiger partial charge in [0.05, 0.1) is 11.9 Å². The molecule has 2 N–H and O–H groups in total. The van der Waals surface area contributed by atoms with Crippen LogP contribution in [0.25, 0.3) is 0 Å². The molecular formula is C11H17FN2O. The molecule has 0 aromatic carbocycles. The van der Waals surface area contributed by atoms with Gasteiger partial charge in [-0.05, 0) is 25.1 Å². The van der Waals surface area contributed by atoms with Gasteiger partial charge >= 0.3 is 0 Å². The van der Waals surface area contributed by atoms with Crippen LogP contribution in [0.4, 0.5) is 4.39 Å². The average Bonchev–Trinajstić information content (AvgIpc) is 2.27. The van der Waals surface area contributed by atoms with E-state index in [1.54, 1.807) is 0 Å². The molecule has 1 rings (SSSR count). The van der Waals surface area contributed by atoms with Crippen LogP contribution in [0, 0.1) is 5.82 Å². The number of likely N-dealkylation sites (N-methyl/N-ethyl adjacent to an activating group) is 1. The summed E-state index contributed by atoms with van der Waals surface area (Å²) in [6.07, 6.45) is 1.67. The Morgan fingerprint density at radius 2 is 2.20 bits per heavy atom. The van der Waals surface area contributed by atoms with Crippen molar-refractivity contribution in [2.75, 3.05) is 13.1 Å². The Balaban J connectivity index is 2.85. The molecule has 1 aromatic rings. The van der Waals surface area contributed by atoms with Crippen molar-refractivity contribution in [1.29, 1.82) is 0 Å². The third kappa shape index (κ3) is 2.97. The first-order chi connectivity index (χ1) is 7.12. The number of hydrogen-bond acceptors (Lipinski definition) is 3. The van der Waals surface area contributed by atoms with Gasteiger partial charge in [-0.25, -0.2) is 4.39 Å². The lowest BCUT2D eigenvalue weighted by atomic mass is 9.96. The fraction of sp³-hybridized carbons (Fsp3) is 0.545. The number of hydrogen-bond donors (Lipinski definition) is 2. The first kappa shape index (κ1) is 12.1. The smallest absolute Gasteiger partial charge is 0.141 e. The maximum atomic E-state index is 12.7. The Kier molecular flexibility index (Phi) is 4.17. The second kappa shape index (κ2) is 5.19. The molecule has 1 atom stereocenters. The predicted molar refractivity (Wildman–Crippen MR) is 56.9 cm³/mol. The number of aliphatic hydroxyl groups is 1. The molecule has 84 valence electrons. The Morgan fingerprint density at radius 3 is 2.67 bits per heavy atom. The molecule has 0 bridgehead atoms. The summed E-state index contributed by atoms with van der Waals surface area (Å²) in [5, 5.41) is 13.3. The van der Waals surface area contributed by atoms with E-state index >= 15 is 0 Å². The SMILES string of the molecule is CCNCC(O)(CC)c1ccc(F)cn1. The zero-order valence-corrected chi connectivity index (χ0v) is 9.13. The topological polar surface area (TPSA) is 45.1 Å². The fourth-order valence-electron chi connectivity index (χ4n) is 1.38. The van der Waals surface area contributed by atoms with Crippen LogP contribution >= 0.6 is 0 Å². The van der Waals surface area contributed by atoms with Crippen LogP contribution in [-0.4, -0.2) is 23.2 Å². The van der Waals surface area contributed by atoms with Crippen molar-refractivity contribution in [3.63, 3.8) is 0 Å². The second-order valence-electron chi connectivity index (χ2n) is 3.53. The lowest BCUT2D eigenvalue weighted by Crippen LogP contribution is -2.38. The third-order valence-corrected chi connectivity index (χ3v) is 2.46. The van der Waals surface area contributed by atoms with Crippen molar-refractivity contribution < 1.29 is 9.50 Å². The fourth-order valence-corrected chi connectivity index (χ4v) is 1.38. The van der Waals surface area contributed by atoms with E-state index in [-0.39, 0.29) is 5.82 Å². The molecule has 0 radical (unpaired) electrons.